The van der Waals surface area contributed by atoms with E-state index >= 15 is 0 Å². The van der Waals surface area contributed by atoms with E-state index in [9.17, 15) is 9.90 Å². The lowest BCUT2D eigenvalue weighted by molar-refractivity contribution is -0.142. The summed E-state index contributed by atoms with van der Waals surface area (Å²) in [5.74, 6) is 2.66. The van der Waals surface area contributed by atoms with Crippen LogP contribution in [0.15, 0.2) is 30.3 Å². The first-order chi connectivity index (χ1) is 10.7. The van der Waals surface area contributed by atoms with Crippen LogP contribution in [0.2, 0.25) is 0 Å². The second kappa shape index (κ2) is 11.9. The smallest absolute Gasteiger partial charge is 0.225 e. The van der Waals surface area contributed by atoms with E-state index in [-0.39, 0.29) is 5.91 Å². The molecule has 1 amide bonds. The number of thiol groups is 1. The molecule has 0 spiro atoms. The van der Waals surface area contributed by atoms with Crippen LogP contribution in [0.3, 0.4) is 0 Å². The Labute approximate surface area is 143 Å². The number of amides is 1. The van der Waals surface area contributed by atoms with E-state index in [0.29, 0.717) is 25.1 Å². The van der Waals surface area contributed by atoms with Crippen molar-refractivity contribution in [3.8, 4) is 0 Å². The maximum Gasteiger partial charge on any atom is 0.225 e. The highest BCUT2D eigenvalue weighted by Crippen LogP contribution is 2.14. The van der Waals surface area contributed by atoms with Crippen molar-refractivity contribution in [3.63, 3.8) is 0 Å². The average molecular weight is 342 g/mol. The highest BCUT2D eigenvalue weighted by atomic mass is 32.2. The van der Waals surface area contributed by atoms with E-state index in [1.807, 2.05) is 42.1 Å². The van der Waals surface area contributed by atoms with Crippen molar-refractivity contribution in [2.75, 3.05) is 17.3 Å². The minimum Gasteiger partial charge on any atom is -0.374 e. The number of benzene rings is 1. The predicted octanol–water partition coefficient (Wildman–Crippen LogP) is 3.58. The molecule has 0 bridgehead atoms. The van der Waals surface area contributed by atoms with Gasteiger partial charge in [-0.25, -0.2) is 0 Å². The summed E-state index contributed by atoms with van der Waals surface area (Å²) in [5.41, 5.74) is 1.04. The van der Waals surface area contributed by atoms with Crippen molar-refractivity contribution in [1.29, 1.82) is 0 Å². The number of thioether (sulfide) groups is 1. The Morgan fingerprint density at radius 3 is 2.68 bits per heavy atom. The third kappa shape index (κ3) is 7.56. The molecule has 22 heavy (non-hydrogen) atoms. The number of nitrogens with zero attached hydrogens (tertiary/aromatic N) is 1. The summed E-state index contributed by atoms with van der Waals surface area (Å²) in [7, 11) is 0. The summed E-state index contributed by atoms with van der Waals surface area (Å²) in [5, 5.41) is 10.4. The SMILES string of the molecule is CCCSCCCC(O)N(Cc1ccccc1)C(=O)CCS. The number of aliphatic hydroxyl groups is 1. The molecule has 0 aliphatic heterocycles. The fourth-order valence-electron chi connectivity index (χ4n) is 2.15. The number of carbonyl (C=O) groups excluding carboxylic acids is 1. The van der Waals surface area contributed by atoms with Crippen LogP contribution in [0.1, 0.15) is 38.2 Å². The molecule has 0 aromatic heterocycles. The molecule has 1 atom stereocenters. The summed E-state index contributed by atoms with van der Waals surface area (Å²) in [6.45, 7) is 2.62. The molecule has 1 aromatic rings. The van der Waals surface area contributed by atoms with Gasteiger partial charge in [-0.3, -0.25) is 4.79 Å². The van der Waals surface area contributed by atoms with Gasteiger partial charge >= 0.3 is 0 Å². The Balaban J connectivity index is 2.55. The van der Waals surface area contributed by atoms with E-state index < -0.39 is 6.23 Å². The summed E-state index contributed by atoms with van der Waals surface area (Å²) < 4.78 is 0. The summed E-state index contributed by atoms with van der Waals surface area (Å²) in [6.07, 6.45) is 2.37. The number of hydrogen-bond donors (Lipinski definition) is 2. The third-order valence-electron chi connectivity index (χ3n) is 3.30. The van der Waals surface area contributed by atoms with E-state index in [1.54, 1.807) is 4.90 Å². The van der Waals surface area contributed by atoms with E-state index in [4.69, 9.17) is 0 Å². The molecule has 0 fully saturated rings. The van der Waals surface area contributed by atoms with Gasteiger partial charge in [0.25, 0.3) is 0 Å². The second-order valence-electron chi connectivity index (χ2n) is 5.22. The van der Waals surface area contributed by atoms with Crippen molar-refractivity contribution in [2.45, 2.75) is 45.4 Å². The van der Waals surface area contributed by atoms with Crippen molar-refractivity contribution in [3.05, 3.63) is 35.9 Å². The zero-order chi connectivity index (χ0) is 16.2. The quantitative estimate of drug-likeness (QED) is 0.367. The molecule has 1 unspecified atom stereocenters. The summed E-state index contributed by atoms with van der Waals surface area (Å²) >= 11 is 6.03. The molecule has 1 aromatic carbocycles. The van der Waals surface area contributed by atoms with E-state index in [2.05, 4.69) is 19.6 Å². The van der Waals surface area contributed by atoms with Gasteiger partial charge in [-0.05, 0) is 42.1 Å². The molecular formula is C17H27NO2S2. The van der Waals surface area contributed by atoms with E-state index in [1.165, 1.54) is 6.42 Å². The second-order valence-corrected chi connectivity index (χ2v) is 6.89. The number of rotatable bonds is 11. The van der Waals surface area contributed by atoms with Gasteiger partial charge in [0.15, 0.2) is 0 Å². The maximum atomic E-state index is 12.2. The normalized spacial score (nSPS) is 12.1. The van der Waals surface area contributed by atoms with Crippen LogP contribution in [0.25, 0.3) is 0 Å². The molecule has 0 heterocycles. The van der Waals surface area contributed by atoms with E-state index in [0.717, 1.165) is 23.5 Å². The Bertz CT molecular complexity index is 414. The molecule has 1 rings (SSSR count). The predicted molar refractivity (Wildman–Crippen MR) is 98.3 cm³/mol. The molecule has 1 N–H and O–H groups in total. The van der Waals surface area contributed by atoms with Crippen molar-refractivity contribution in [2.24, 2.45) is 0 Å². The monoisotopic (exact) mass is 341 g/mol. The first-order valence-electron chi connectivity index (χ1n) is 7.89. The largest absolute Gasteiger partial charge is 0.374 e. The van der Waals surface area contributed by atoms with Crippen LogP contribution >= 0.6 is 24.4 Å². The lowest BCUT2D eigenvalue weighted by Gasteiger charge is -2.28. The minimum atomic E-state index is -0.713. The van der Waals surface area contributed by atoms with Crippen LogP contribution in [0.4, 0.5) is 0 Å². The lowest BCUT2D eigenvalue weighted by Crippen LogP contribution is -2.40. The standard InChI is InChI=1S/C17H27NO2S2/c1-2-12-22-13-6-9-16(19)18(17(20)10-11-21)14-15-7-4-3-5-8-15/h3-5,7-8,16,19,21H,2,6,9-14H2,1H3. The first kappa shape index (κ1) is 19.4. The fraction of sp³-hybridized carbons (Fsp3) is 0.588. The van der Waals surface area contributed by atoms with Gasteiger partial charge in [0.1, 0.15) is 6.23 Å². The number of aliphatic hydroxyl groups excluding tert-OH is 1. The Kier molecular flexibility index (Phi) is 10.5. The molecule has 0 aliphatic carbocycles. The van der Waals surface area contributed by atoms with Gasteiger partial charge in [-0.2, -0.15) is 24.4 Å². The van der Waals surface area contributed by atoms with Gasteiger partial charge < -0.3 is 10.0 Å². The molecule has 0 saturated carbocycles. The first-order valence-corrected chi connectivity index (χ1v) is 9.67. The van der Waals surface area contributed by atoms with Crippen LogP contribution in [0, 0.1) is 0 Å². The molecular weight excluding hydrogens is 314 g/mol. The van der Waals surface area contributed by atoms with Crippen LogP contribution in [-0.2, 0) is 11.3 Å². The highest BCUT2D eigenvalue weighted by molar-refractivity contribution is 7.99. The van der Waals surface area contributed by atoms with Gasteiger partial charge in [0.2, 0.25) is 5.91 Å². The lowest BCUT2D eigenvalue weighted by atomic mass is 10.2. The van der Waals surface area contributed by atoms with Crippen LogP contribution < -0.4 is 0 Å². The van der Waals surface area contributed by atoms with Crippen LogP contribution in [-0.4, -0.2) is 39.4 Å². The van der Waals surface area contributed by atoms with Crippen molar-refractivity contribution in [1.82, 2.24) is 4.90 Å². The Morgan fingerprint density at radius 1 is 1.32 bits per heavy atom. The molecule has 124 valence electrons. The highest BCUT2D eigenvalue weighted by Gasteiger charge is 2.20. The zero-order valence-corrected chi connectivity index (χ0v) is 15.0. The summed E-state index contributed by atoms with van der Waals surface area (Å²) in [6, 6.07) is 9.80. The molecule has 0 radical (unpaired) electrons. The Hall–Kier alpha value is -0.650. The van der Waals surface area contributed by atoms with Crippen LogP contribution in [0.5, 0.6) is 0 Å². The van der Waals surface area contributed by atoms with Crippen molar-refractivity contribution < 1.29 is 9.90 Å². The summed E-state index contributed by atoms with van der Waals surface area (Å²) in [4.78, 5) is 13.8. The number of hydrogen-bond acceptors (Lipinski definition) is 4. The van der Waals surface area contributed by atoms with Gasteiger partial charge in [0.05, 0.1) is 0 Å². The van der Waals surface area contributed by atoms with Gasteiger partial charge in [-0.15, -0.1) is 0 Å². The maximum absolute atomic E-state index is 12.2. The van der Waals surface area contributed by atoms with Gasteiger partial charge in [-0.1, -0.05) is 37.3 Å². The minimum absolute atomic E-state index is 0.0347. The fourth-order valence-corrected chi connectivity index (χ4v) is 3.20. The topological polar surface area (TPSA) is 40.5 Å². The molecule has 0 saturated heterocycles. The van der Waals surface area contributed by atoms with Crippen molar-refractivity contribution >= 4 is 30.3 Å². The molecule has 5 heteroatoms. The zero-order valence-electron chi connectivity index (χ0n) is 13.3. The number of carbonyl (C=O) groups is 1. The average Bonchev–Trinajstić information content (AvgIpc) is 2.53. The Morgan fingerprint density at radius 2 is 2.05 bits per heavy atom. The third-order valence-corrected chi connectivity index (χ3v) is 4.80. The molecule has 0 aliphatic rings. The van der Waals surface area contributed by atoms with Gasteiger partial charge in [0, 0.05) is 13.0 Å². The molecule has 3 nitrogen and oxygen atoms in total.